The van der Waals surface area contributed by atoms with E-state index in [9.17, 15) is 0 Å². The molecule has 2 rings (SSSR count). The highest BCUT2D eigenvalue weighted by atomic mass is 14.8. The topological polar surface area (TPSA) is 25.2 Å². The lowest BCUT2D eigenvalue weighted by molar-refractivity contribution is 1.06. The molecule has 0 atom stereocenters. The molecule has 0 N–H and O–H groups in total. The van der Waals surface area contributed by atoms with Crippen molar-refractivity contribution in [3.8, 4) is 0 Å². The maximum atomic E-state index is 4.52. The van der Waals surface area contributed by atoms with Crippen molar-refractivity contribution >= 4 is 5.71 Å². The molecule has 0 radical (unpaired) electrons. The second-order valence-electron chi connectivity index (χ2n) is 3.60. The molecule has 16 heavy (non-hydrogen) atoms. The summed E-state index contributed by atoms with van der Waals surface area (Å²) >= 11 is 0. The Bertz CT molecular complexity index is 461. The molecule has 2 nitrogen and oxygen atoms in total. The predicted octanol–water partition coefficient (Wildman–Crippen LogP) is 3.09. The number of pyridine rings is 1. The average molecular weight is 210 g/mol. The first-order chi connectivity index (χ1) is 7.86. The fraction of sp³-hybridized carbons (Fsp3) is 0.143. The molecule has 0 amide bonds. The Morgan fingerprint density at radius 2 is 1.81 bits per heavy atom. The van der Waals surface area contributed by atoms with Gasteiger partial charge in [-0.15, -0.1) is 0 Å². The molecule has 1 heterocycles. The van der Waals surface area contributed by atoms with Crippen LogP contribution in [0.1, 0.15) is 18.2 Å². The third-order valence-corrected chi connectivity index (χ3v) is 2.38. The van der Waals surface area contributed by atoms with Gasteiger partial charge in [-0.1, -0.05) is 36.4 Å². The molecule has 0 saturated heterocycles. The predicted molar refractivity (Wildman–Crippen MR) is 66.6 cm³/mol. The summed E-state index contributed by atoms with van der Waals surface area (Å²) in [7, 11) is 0. The van der Waals surface area contributed by atoms with Crippen LogP contribution in [0.25, 0.3) is 0 Å². The minimum absolute atomic E-state index is 0.712. The van der Waals surface area contributed by atoms with Gasteiger partial charge in [0.15, 0.2) is 0 Å². The van der Waals surface area contributed by atoms with Gasteiger partial charge >= 0.3 is 0 Å². The normalized spacial score (nSPS) is 11.4. The SMILES string of the molecule is CC(=NCc1ccccc1)c1ccccn1. The number of aromatic nitrogens is 1. The summed E-state index contributed by atoms with van der Waals surface area (Å²) < 4.78 is 0. The van der Waals surface area contributed by atoms with E-state index < -0.39 is 0 Å². The molecule has 0 saturated carbocycles. The Kier molecular flexibility index (Phi) is 3.44. The third-order valence-electron chi connectivity index (χ3n) is 2.38. The molecular weight excluding hydrogens is 196 g/mol. The van der Waals surface area contributed by atoms with E-state index in [-0.39, 0.29) is 0 Å². The summed E-state index contributed by atoms with van der Waals surface area (Å²) in [5, 5.41) is 0. The van der Waals surface area contributed by atoms with Gasteiger partial charge in [-0.3, -0.25) is 9.98 Å². The highest BCUT2D eigenvalue weighted by molar-refractivity contribution is 5.96. The summed E-state index contributed by atoms with van der Waals surface area (Å²) in [5.74, 6) is 0. The van der Waals surface area contributed by atoms with E-state index in [1.807, 2.05) is 43.3 Å². The van der Waals surface area contributed by atoms with Gasteiger partial charge in [0.25, 0.3) is 0 Å². The number of benzene rings is 1. The monoisotopic (exact) mass is 210 g/mol. The Labute approximate surface area is 95.7 Å². The summed E-state index contributed by atoms with van der Waals surface area (Å²) in [6.45, 7) is 2.70. The molecule has 0 bridgehead atoms. The highest BCUT2D eigenvalue weighted by Gasteiger charge is 1.96. The highest BCUT2D eigenvalue weighted by Crippen LogP contribution is 2.03. The van der Waals surface area contributed by atoms with Crippen molar-refractivity contribution < 1.29 is 0 Å². The van der Waals surface area contributed by atoms with Crippen molar-refractivity contribution in [1.29, 1.82) is 0 Å². The standard InChI is InChI=1S/C14H14N2/c1-12(14-9-5-6-10-15-14)16-11-13-7-3-2-4-8-13/h2-10H,11H2,1H3. The van der Waals surface area contributed by atoms with Crippen molar-refractivity contribution in [2.75, 3.05) is 0 Å². The number of rotatable bonds is 3. The van der Waals surface area contributed by atoms with Crippen LogP contribution in [0.3, 0.4) is 0 Å². The Hall–Kier alpha value is -1.96. The van der Waals surface area contributed by atoms with Gasteiger partial charge in [0, 0.05) is 6.20 Å². The van der Waals surface area contributed by atoms with Gasteiger partial charge in [0.1, 0.15) is 0 Å². The van der Waals surface area contributed by atoms with Gasteiger partial charge < -0.3 is 0 Å². The number of hydrogen-bond acceptors (Lipinski definition) is 2. The van der Waals surface area contributed by atoms with Crippen LogP contribution in [0.5, 0.6) is 0 Å². The Balaban J connectivity index is 2.09. The zero-order valence-electron chi connectivity index (χ0n) is 9.30. The molecule has 2 heteroatoms. The molecule has 2 aromatic rings. The van der Waals surface area contributed by atoms with E-state index >= 15 is 0 Å². The van der Waals surface area contributed by atoms with Gasteiger partial charge in [-0.2, -0.15) is 0 Å². The first-order valence-electron chi connectivity index (χ1n) is 5.32. The number of nitrogens with zero attached hydrogens (tertiary/aromatic N) is 2. The zero-order chi connectivity index (χ0) is 11.2. The summed E-state index contributed by atoms with van der Waals surface area (Å²) in [6, 6.07) is 16.1. The summed E-state index contributed by atoms with van der Waals surface area (Å²) in [5.41, 5.74) is 3.14. The van der Waals surface area contributed by atoms with Crippen molar-refractivity contribution in [1.82, 2.24) is 4.98 Å². The fourth-order valence-corrected chi connectivity index (χ4v) is 1.45. The van der Waals surface area contributed by atoms with E-state index in [1.165, 1.54) is 5.56 Å². The fourth-order valence-electron chi connectivity index (χ4n) is 1.45. The van der Waals surface area contributed by atoms with E-state index in [0.29, 0.717) is 6.54 Å². The van der Waals surface area contributed by atoms with E-state index in [0.717, 1.165) is 11.4 Å². The minimum Gasteiger partial charge on any atom is -0.283 e. The molecule has 0 fully saturated rings. The quantitative estimate of drug-likeness (QED) is 0.715. The van der Waals surface area contributed by atoms with Crippen molar-refractivity contribution in [3.05, 3.63) is 66.0 Å². The Morgan fingerprint density at radius 1 is 1.06 bits per heavy atom. The second kappa shape index (κ2) is 5.21. The molecule has 0 unspecified atom stereocenters. The molecule has 80 valence electrons. The van der Waals surface area contributed by atoms with Crippen LogP contribution in [0, 0.1) is 0 Å². The average Bonchev–Trinajstić information content (AvgIpc) is 2.38. The van der Waals surface area contributed by atoms with E-state index in [2.05, 4.69) is 22.1 Å². The molecule has 0 aliphatic carbocycles. The van der Waals surface area contributed by atoms with Crippen molar-refractivity contribution in [3.63, 3.8) is 0 Å². The number of aliphatic imine (C=N–C) groups is 1. The van der Waals surface area contributed by atoms with Crippen LogP contribution < -0.4 is 0 Å². The van der Waals surface area contributed by atoms with E-state index in [4.69, 9.17) is 0 Å². The Morgan fingerprint density at radius 3 is 2.50 bits per heavy atom. The van der Waals surface area contributed by atoms with Crippen LogP contribution in [0.15, 0.2) is 59.7 Å². The lowest BCUT2D eigenvalue weighted by Gasteiger charge is -2.00. The van der Waals surface area contributed by atoms with Crippen molar-refractivity contribution in [2.45, 2.75) is 13.5 Å². The lowest BCUT2D eigenvalue weighted by Crippen LogP contribution is -1.98. The molecule has 1 aromatic carbocycles. The van der Waals surface area contributed by atoms with Crippen LogP contribution >= 0.6 is 0 Å². The van der Waals surface area contributed by atoms with Crippen LogP contribution in [-0.4, -0.2) is 10.7 Å². The van der Waals surface area contributed by atoms with Crippen LogP contribution in [0.4, 0.5) is 0 Å². The lowest BCUT2D eigenvalue weighted by atomic mass is 10.2. The largest absolute Gasteiger partial charge is 0.283 e. The molecular formula is C14H14N2. The minimum atomic E-state index is 0.712. The maximum absolute atomic E-state index is 4.52. The van der Waals surface area contributed by atoms with Gasteiger partial charge in [0.05, 0.1) is 18.0 Å². The first-order valence-corrected chi connectivity index (χ1v) is 5.32. The molecule has 0 spiro atoms. The molecule has 1 aromatic heterocycles. The van der Waals surface area contributed by atoms with Crippen LogP contribution in [-0.2, 0) is 6.54 Å². The van der Waals surface area contributed by atoms with Gasteiger partial charge in [-0.05, 0) is 24.6 Å². The zero-order valence-corrected chi connectivity index (χ0v) is 9.30. The summed E-state index contributed by atoms with van der Waals surface area (Å²) in [6.07, 6.45) is 1.79. The van der Waals surface area contributed by atoms with E-state index in [1.54, 1.807) is 6.20 Å². The first kappa shape index (κ1) is 10.6. The summed E-state index contributed by atoms with van der Waals surface area (Å²) in [4.78, 5) is 8.78. The number of hydrogen-bond donors (Lipinski definition) is 0. The molecule has 0 aliphatic heterocycles. The van der Waals surface area contributed by atoms with Crippen molar-refractivity contribution in [2.24, 2.45) is 4.99 Å². The van der Waals surface area contributed by atoms with Crippen LogP contribution in [0.2, 0.25) is 0 Å². The van der Waals surface area contributed by atoms with Gasteiger partial charge in [0.2, 0.25) is 0 Å². The molecule has 0 aliphatic rings. The smallest absolute Gasteiger partial charge is 0.0837 e. The van der Waals surface area contributed by atoms with Gasteiger partial charge in [-0.25, -0.2) is 0 Å². The second-order valence-corrected chi connectivity index (χ2v) is 3.60. The third kappa shape index (κ3) is 2.76. The maximum Gasteiger partial charge on any atom is 0.0837 e.